The molecule has 0 saturated carbocycles. The van der Waals surface area contributed by atoms with Gasteiger partial charge in [0.25, 0.3) is 0 Å². The largest absolute Gasteiger partial charge is 0.493 e. The van der Waals surface area contributed by atoms with Gasteiger partial charge in [-0.15, -0.1) is 0 Å². The molecule has 0 aliphatic rings. The van der Waals surface area contributed by atoms with Gasteiger partial charge in [0.15, 0.2) is 24.1 Å². The summed E-state index contributed by atoms with van der Waals surface area (Å²) >= 11 is 0. The third-order valence-corrected chi connectivity index (χ3v) is 1.90. The average Bonchev–Trinajstić information content (AvgIpc) is 2.38. The highest BCUT2D eigenvalue weighted by atomic mass is 16.7. The maximum Gasteiger partial charge on any atom is 0.188 e. The Morgan fingerprint density at radius 3 is 2.29 bits per heavy atom. The van der Waals surface area contributed by atoms with E-state index in [2.05, 4.69) is 0 Å². The van der Waals surface area contributed by atoms with Gasteiger partial charge in [0.1, 0.15) is 0 Å². The Balaban J connectivity index is 0.00000121. The number of methoxy groups -OCH3 is 2. The summed E-state index contributed by atoms with van der Waals surface area (Å²) in [5, 5.41) is 0. The second-order valence-electron chi connectivity index (χ2n) is 2.97. The number of hydrogen-bond donors (Lipinski definition) is 0. The van der Waals surface area contributed by atoms with Crippen molar-refractivity contribution in [2.75, 3.05) is 21.0 Å². The Morgan fingerprint density at radius 2 is 1.82 bits per heavy atom. The predicted octanol–water partition coefficient (Wildman–Crippen LogP) is 2.91. The molecule has 17 heavy (non-hydrogen) atoms. The van der Waals surface area contributed by atoms with Crippen LogP contribution in [0, 0.1) is 0 Å². The van der Waals surface area contributed by atoms with Crippen molar-refractivity contribution in [1.29, 1.82) is 0 Å². The van der Waals surface area contributed by atoms with Crippen molar-refractivity contribution in [3.05, 3.63) is 23.8 Å². The normalized spacial score (nSPS) is 9.00. The molecule has 0 aliphatic heterocycles. The van der Waals surface area contributed by atoms with E-state index in [9.17, 15) is 4.79 Å². The number of rotatable bonds is 5. The molecule has 4 heteroatoms. The highest BCUT2D eigenvalue weighted by Crippen LogP contribution is 2.28. The summed E-state index contributed by atoms with van der Waals surface area (Å²) in [5.41, 5.74) is 0.594. The predicted molar refractivity (Wildman–Crippen MR) is 66.9 cm³/mol. The lowest BCUT2D eigenvalue weighted by Crippen LogP contribution is -2.02. The number of ether oxygens (including phenoxy) is 3. The number of benzene rings is 1. The van der Waals surface area contributed by atoms with E-state index in [1.54, 1.807) is 18.2 Å². The molecule has 0 unspecified atom stereocenters. The lowest BCUT2D eigenvalue weighted by Gasteiger charge is -2.10. The van der Waals surface area contributed by atoms with Crippen LogP contribution < -0.4 is 9.47 Å². The first-order valence-electron chi connectivity index (χ1n) is 5.49. The molecule has 0 saturated heterocycles. The summed E-state index contributed by atoms with van der Waals surface area (Å²) in [6, 6.07) is 5.03. The molecule has 0 radical (unpaired) electrons. The van der Waals surface area contributed by atoms with Gasteiger partial charge in [0, 0.05) is 12.7 Å². The van der Waals surface area contributed by atoms with Gasteiger partial charge >= 0.3 is 0 Å². The minimum Gasteiger partial charge on any atom is -0.493 e. The summed E-state index contributed by atoms with van der Waals surface area (Å²) in [6.07, 6.45) is 0. The zero-order chi connectivity index (χ0) is 13.3. The van der Waals surface area contributed by atoms with Gasteiger partial charge in [0.2, 0.25) is 0 Å². The summed E-state index contributed by atoms with van der Waals surface area (Å²) in [5.74, 6) is 1.08. The molecule has 0 bridgehead atoms. The quantitative estimate of drug-likeness (QED) is 0.586. The highest BCUT2D eigenvalue weighted by molar-refractivity contribution is 5.94. The number of Topliss-reactive ketones (excluding diaryl/α,β-unsaturated/α-hetero) is 1. The number of hydrogen-bond acceptors (Lipinski definition) is 4. The van der Waals surface area contributed by atoms with E-state index in [0.717, 1.165) is 0 Å². The van der Waals surface area contributed by atoms with Crippen LogP contribution in [0.25, 0.3) is 0 Å². The Hall–Kier alpha value is -1.55. The van der Waals surface area contributed by atoms with Crippen molar-refractivity contribution in [3.8, 4) is 11.5 Å². The van der Waals surface area contributed by atoms with Crippen molar-refractivity contribution in [2.24, 2.45) is 0 Å². The first-order valence-corrected chi connectivity index (χ1v) is 5.49. The maximum absolute atomic E-state index is 11.1. The van der Waals surface area contributed by atoms with E-state index in [4.69, 9.17) is 14.2 Å². The van der Waals surface area contributed by atoms with E-state index in [0.29, 0.717) is 17.1 Å². The fraction of sp³-hybridized carbons (Fsp3) is 0.462. The van der Waals surface area contributed by atoms with Crippen LogP contribution in [0.5, 0.6) is 11.5 Å². The third kappa shape index (κ3) is 4.87. The highest BCUT2D eigenvalue weighted by Gasteiger charge is 2.07. The van der Waals surface area contributed by atoms with Crippen molar-refractivity contribution in [3.63, 3.8) is 0 Å². The fourth-order valence-corrected chi connectivity index (χ4v) is 1.13. The maximum atomic E-state index is 11.1. The SMILES string of the molecule is CC.COCOc1ccc(C(C)=O)cc1OC. The van der Waals surface area contributed by atoms with Crippen LogP contribution >= 0.6 is 0 Å². The molecule has 96 valence electrons. The average molecular weight is 240 g/mol. The second kappa shape index (κ2) is 8.58. The van der Waals surface area contributed by atoms with Crippen LogP contribution in [0.4, 0.5) is 0 Å². The van der Waals surface area contributed by atoms with Gasteiger partial charge in [0.05, 0.1) is 7.11 Å². The van der Waals surface area contributed by atoms with Crippen molar-refractivity contribution < 1.29 is 19.0 Å². The molecule has 1 aromatic rings. The number of carbonyl (C=O) groups is 1. The second-order valence-corrected chi connectivity index (χ2v) is 2.97. The first-order chi connectivity index (χ1) is 8.19. The van der Waals surface area contributed by atoms with E-state index < -0.39 is 0 Å². The molecular formula is C13H20O4. The minimum atomic E-state index is -0.00779. The van der Waals surface area contributed by atoms with E-state index in [1.165, 1.54) is 21.1 Å². The molecule has 1 rings (SSSR count). The van der Waals surface area contributed by atoms with Gasteiger partial charge in [-0.25, -0.2) is 0 Å². The minimum absolute atomic E-state index is 0.00779. The monoisotopic (exact) mass is 240 g/mol. The number of ketones is 1. The molecular weight excluding hydrogens is 220 g/mol. The summed E-state index contributed by atoms with van der Waals surface area (Å²) in [4.78, 5) is 11.1. The molecule has 0 heterocycles. The Bertz CT molecular complexity index is 347. The molecule has 1 aromatic carbocycles. The number of carbonyl (C=O) groups excluding carboxylic acids is 1. The van der Waals surface area contributed by atoms with E-state index in [-0.39, 0.29) is 12.6 Å². The van der Waals surface area contributed by atoms with E-state index >= 15 is 0 Å². The lowest BCUT2D eigenvalue weighted by atomic mass is 10.1. The fourth-order valence-electron chi connectivity index (χ4n) is 1.13. The van der Waals surface area contributed by atoms with Crippen molar-refractivity contribution in [1.82, 2.24) is 0 Å². The Labute approximate surface area is 102 Å². The summed E-state index contributed by atoms with van der Waals surface area (Å²) in [7, 11) is 3.06. The van der Waals surface area contributed by atoms with Crippen LogP contribution in [0.15, 0.2) is 18.2 Å². The lowest BCUT2D eigenvalue weighted by molar-refractivity contribution is 0.0491. The smallest absolute Gasteiger partial charge is 0.188 e. The molecule has 0 atom stereocenters. The zero-order valence-electron chi connectivity index (χ0n) is 11.1. The van der Waals surface area contributed by atoms with Gasteiger partial charge < -0.3 is 14.2 Å². The zero-order valence-corrected chi connectivity index (χ0v) is 11.1. The van der Waals surface area contributed by atoms with Crippen LogP contribution in [-0.2, 0) is 4.74 Å². The van der Waals surface area contributed by atoms with Gasteiger partial charge in [-0.05, 0) is 25.1 Å². The van der Waals surface area contributed by atoms with E-state index in [1.807, 2.05) is 13.8 Å². The molecule has 0 aliphatic carbocycles. The van der Waals surface area contributed by atoms with Crippen LogP contribution in [0.1, 0.15) is 31.1 Å². The molecule has 0 spiro atoms. The summed E-state index contributed by atoms with van der Waals surface area (Å²) < 4.78 is 15.1. The van der Waals surface area contributed by atoms with Crippen LogP contribution in [0.2, 0.25) is 0 Å². The van der Waals surface area contributed by atoms with Crippen LogP contribution in [0.3, 0.4) is 0 Å². The van der Waals surface area contributed by atoms with Gasteiger partial charge in [-0.3, -0.25) is 4.79 Å². The molecule has 4 nitrogen and oxygen atoms in total. The van der Waals surface area contributed by atoms with Gasteiger partial charge in [-0.2, -0.15) is 0 Å². The molecule has 0 aromatic heterocycles. The topological polar surface area (TPSA) is 44.8 Å². The molecule has 0 amide bonds. The van der Waals surface area contributed by atoms with Gasteiger partial charge in [-0.1, -0.05) is 13.8 Å². The molecule has 0 N–H and O–H groups in total. The Kier molecular flexibility index (Phi) is 7.80. The standard InChI is InChI=1S/C11H14O4.C2H6/c1-8(12)9-4-5-10(15-7-13-2)11(6-9)14-3;1-2/h4-6H,7H2,1-3H3;1-2H3. The summed E-state index contributed by atoms with van der Waals surface area (Å²) in [6.45, 7) is 5.65. The molecule has 0 fully saturated rings. The van der Waals surface area contributed by atoms with Crippen molar-refractivity contribution in [2.45, 2.75) is 20.8 Å². The Morgan fingerprint density at radius 1 is 1.18 bits per heavy atom. The third-order valence-electron chi connectivity index (χ3n) is 1.90. The van der Waals surface area contributed by atoms with Crippen molar-refractivity contribution >= 4 is 5.78 Å². The van der Waals surface area contributed by atoms with Crippen LogP contribution in [-0.4, -0.2) is 26.8 Å². The first kappa shape index (κ1) is 15.4.